The molecule has 0 saturated carbocycles. The molecule has 0 aliphatic rings. The number of furan rings is 1. The molecule has 1 aromatic heterocycles. The van der Waals surface area contributed by atoms with Crippen LogP contribution in [-0.2, 0) is 6.18 Å². The average molecular weight is 414 g/mol. The predicted molar refractivity (Wildman–Crippen MR) is 87.3 cm³/mol. The van der Waals surface area contributed by atoms with Crippen LogP contribution < -0.4 is 0 Å². The van der Waals surface area contributed by atoms with Gasteiger partial charge in [-0.15, -0.1) is 0 Å². The lowest BCUT2D eigenvalue weighted by Gasteiger charge is -2.11. The van der Waals surface area contributed by atoms with Gasteiger partial charge in [0.15, 0.2) is 0 Å². The Kier molecular flexibility index (Phi) is 3.99. The molecular weight excluding hydrogens is 404 g/mol. The van der Waals surface area contributed by atoms with Gasteiger partial charge in [-0.1, -0.05) is 48.5 Å². The topological polar surface area (TPSA) is 13.1 Å². The van der Waals surface area contributed by atoms with Gasteiger partial charge >= 0.3 is 6.18 Å². The minimum Gasteiger partial charge on any atom is -0.455 e. The maximum Gasteiger partial charge on any atom is 0.417 e. The second kappa shape index (κ2) is 5.79. The second-order valence-corrected chi connectivity index (χ2v) is 5.86. The number of hydrogen-bond acceptors (Lipinski definition) is 1. The van der Waals surface area contributed by atoms with Crippen molar-refractivity contribution >= 4 is 22.6 Å². The number of benzene rings is 2. The first-order chi connectivity index (χ1) is 10.5. The molecule has 0 saturated heterocycles. The highest BCUT2D eigenvalue weighted by atomic mass is 127. The van der Waals surface area contributed by atoms with Gasteiger partial charge in [0.05, 0.1) is 9.13 Å². The minimum atomic E-state index is -4.42. The van der Waals surface area contributed by atoms with Crippen LogP contribution in [0.5, 0.6) is 0 Å². The molecule has 22 heavy (non-hydrogen) atoms. The Morgan fingerprint density at radius 1 is 0.864 bits per heavy atom. The smallest absolute Gasteiger partial charge is 0.417 e. The summed E-state index contributed by atoms with van der Waals surface area (Å²) in [7, 11) is 0. The molecule has 0 atom stereocenters. The van der Waals surface area contributed by atoms with E-state index in [4.69, 9.17) is 4.42 Å². The van der Waals surface area contributed by atoms with E-state index in [1.807, 2.05) is 52.9 Å². The van der Waals surface area contributed by atoms with Gasteiger partial charge in [-0.05, 0) is 34.7 Å². The normalized spacial score (nSPS) is 11.6. The molecule has 5 heteroatoms. The SMILES string of the molecule is FC(F)(F)c1ccccc1-c1oc(-c2ccccc2)cc1I. The van der Waals surface area contributed by atoms with E-state index < -0.39 is 11.7 Å². The van der Waals surface area contributed by atoms with Crippen LogP contribution in [0.15, 0.2) is 65.1 Å². The van der Waals surface area contributed by atoms with Crippen LogP contribution in [0.25, 0.3) is 22.6 Å². The summed E-state index contributed by atoms with van der Waals surface area (Å²) in [5.41, 5.74) is 0.194. The average Bonchev–Trinajstić information content (AvgIpc) is 2.89. The van der Waals surface area contributed by atoms with E-state index in [1.165, 1.54) is 12.1 Å². The van der Waals surface area contributed by atoms with Crippen molar-refractivity contribution in [2.75, 3.05) is 0 Å². The zero-order valence-corrected chi connectivity index (χ0v) is 13.4. The zero-order valence-electron chi connectivity index (χ0n) is 11.2. The molecule has 0 N–H and O–H groups in total. The number of alkyl halides is 3. The number of rotatable bonds is 2. The quantitative estimate of drug-likeness (QED) is 0.453. The molecule has 0 aliphatic carbocycles. The van der Waals surface area contributed by atoms with E-state index in [0.717, 1.165) is 11.6 Å². The van der Waals surface area contributed by atoms with Gasteiger partial charge < -0.3 is 4.42 Å². The summed E-state index contributed by atoms with van der Waals surface area (Å²) in [6.07, 6.45) is -4.42. The number of halogens is 4. The van der Waals surface area contributed by atoms with Crippen molar-refractivity contribution in [2.24, 2.45) is 0 Å². The monoisotopic (exact) mass is 414 g/mol. The van der Waals surface area contributed by atoms with Crippen LogP contribution in [0, 0.1) is 3.57 Å². The highest BCUT2D eigenvalue weighted by molar-refractivity contribution is 14.1. The number of hydrogen-bond donors (Lipinski definition) is 0. The van der Waals surface area contributed by atoms with Gasteiger partial charge in [-0.25, -0.2) is 0 Å². The van der Waals surface area contributed by atoms with Gasteiger partial charge in [0.25, 0.3) is 0 Å². The molecule has 0 fully saturated rings. The fourth-order valence-corrected chi connectivity index (χ4v) is 2.91. The van der Waals surface area contributed by atoms with Crippen molar-refractivity contribution < 1.29 is 17.6 Å². The Labute approximate surface area is 138 Å². The Balaban J connectivity index is 2.13. The first kappa shape index (κ1) is 15.1. The van der Waals surface area contributed by atoms with Crippen molar-refractivity contribution in [3.8, 4) is 22.6 Å². The fourth-order valence-electron chi connectivity index (χ4n) is 2.23. The van der Waals surface area contributed by atoms with Crippen molar-refractivity contribution in [3.05, 3.63) is 69.8 Å². The Morgan fingerprint density at radius 2 is 1.50 bits per heavy atom. The van der Waals surface area contributed by atoms with E-state index in [9.17, 15) is 13.2 Å². The summed E-state index contributed by atoms with van der Waals surface area (Å²) in [6, 6.07) is 16.5. The summed E-state index contributed by atoms with van der Waals surface area (Å²) in [5, 5.41) is 0. The van der Waals surface area contributed by atoms with Crippen molar-refractivity contribution in [1.82, 2.24) is 0 Å². The summed E-state index contributed by atoms with van der Waals surface area (Å²) < 4.78 is 45.8. The van der Waals surface area contributed by atoms with Gasteiger partial charge in [0, 0.05) is 11.1 Å². The van der Waals surface area contributed by atoms with E-state index in [0.29, 0.717) is 9.33 Å². The van der Waals surface area contributed by atoms with E-state index >= 15 is 0 Å². The van der Waals surface area contributed by atoms with Gasteiger partial charge in [0.2, 0.25) is 0 Å². The van der Waals surface area contributed by atoms with Crippen LogP contribution >= 0.6 is 22.6 Å². The lowest BCUT2D eigenvalue weighted by atomic mass is 10.1. The maximum absolute atomic E-state index is 13.2. The third-order valence-corrected chi connectivity index (χ3v) is 4.02. The van der Waals surface area contributed by atoms with Crippen LogP contribution in [-0.4, -0.2) is 0 Å². The summed E-state index contributed by atoms with van der Waals surface area (Å²) in [4.78, 5) is 0. The van der Waals surface area contributed by atoms with E-state index in [1.54, 1.807) is 12.1 Å². The van der Waals surface area contributed by atoms with E-state index in [-0.39, 0.29) is 11.3 Å². The molecule has 112 valence electrons. The molecule has 3 aromatic rings. The molecule has 2 aromatic carbocycles. The molecule has 1 nitrogen and oxygen atoms in total. The molecule has 0 spiro atoms. The van der Waals surface area contributed by atoms with Gasteiger partial charge in [0.1, 0.15) is 11.5 Å². The molecular formula is C17H10F3IO. The van der Waals surface area contributed by atoms with Crippen molar-refractivity contribution in [1.29, 1.82) is 0 Å². The lowest BCUT2D eigenvalue weighted by molar-refractivity contribution is -0.137. The predicted octanol–water partition coefficient (Wildman–Crippen LogP) is 6.24. The fraction of sp³-hybridized carbons (Fsp3) is 0.0588. The van der Waals surface area contributed by atoms with Gasteiger partial charge in [-0.2, -0.15) is 13.2 Å². The van der Waals surface area contributed by atoms with E-state index in [2.05, 4.69) is 0 Å². The maximum atomic E-state index is 13.2. The second-order valence-electron chi connectivity index (χ2n) is 4.70. The first-order valence-corrected chi connectivity index (χ1v) is 7.56. The third kappa shape index (κ3) is 2.90. The standard InChI is InChI=1S/C17H10F3IO/c18-17(19,20)13-9-5-4-8-12(13)16-14(21)10-15(22-16)11-6-2-1-3-7-11/h1-10H. The van der Waals surface area contributed by atoms with Crippen LogP contribution in [0.3, 0.4) is 0 Å². The van der Waals surface area contributed by atoms with Crippen LogP contribution in [0.4, 0.5) is 13.2 Å². The molecule has 1 heterocycles. The Hall–Kier alpha value is -1.76. The lowest BCUT2D eigenvalue weighted by Crippen LogP contribution is -2.06. The zero-order chi connectivity index (χ0) is 15.7. The van der Waals surface area contributed by atoms with Crippen LogP contribution in [0.2, 0.25) is 0 Å². The Morgan fingerprint density at radius 3 is 2.18 bits per heavy atom. The molecule has 0 aliphatic heterocycles. The third-order valence-electron chi connectivity index (χ3n) is 3.22. The van der Waals surface area contributed by atoms with Gasteiger partial charge in [-0.3, -0.25) is 0 Å². The highest BCUT2D eigenvalue weighted by Gasteiger charge is 2.34. The molecule has 0 amide bonds. The minimum absolute atomic E-state index is 0.0570. The summed E-state index contributed by atoms with van der Waals surface area (Å²) >= 11 is 2.00. The Bertz CT molecular complexity index is 791. The molecule has 3 rings (SSSR count). The first-order valence-electron chi connectivity index (χ1n) is 6.48. The molecule has 0 bridgehead atoms. The van der Waals surface area contributed by atoms with Crippen molar-refractivity contribution in [3.63, 3.8) is 0 Å². The largest absolute Gasteiger partial charge is 0.455 e. The highest BCUT2D eigenvalue weighted by Crippen LogP contribution is 2.40. The summed E-state index contributed by atoms with van der Waals surface area (Å²) in [6.45, 7) is 0. The summed E-state index contributed by atoms with van der Waals surface area (Å²) in [5.74, 6) is 0.796. The molecule has 0 unspecified atom stereocenters. The molecule has 0 radical (unpaired) electrons. The van der Waals surface area contributed by atoms with Crippen molar-refractivity contribution in [2.45, 2.75) is 6.18 Å². The van der Waals surface area contributed by atoms with Crippen LogP contribution in [0.1, 0.15) is 5.56 Å².